The minimum Gasteiger partial charge on any atom is -0.357 e. The lowest BCUT2D eigenvalue weighted by molar-refractivity contribution is 0.0945. The third kappa shape index (κ3) is 4.67. The zero-order valence-corrected chi connectivity index (χ0v) is 16.3. The van der Waals surface area contributed by atoms with Crippen LogP contribution in [0.25, 0.3) is 0 Å². The van der Waals surface area contributed by atoms with Crippen LogP contribution in [0.15, 0.2) is 24.5 Å². The number of carbonyl (C=O) groups is 1. The van der Waals surface area contributed by atoms with E-state index in [0.717, 1.165) is 50.4 Å². The second kappa shape index (κ2) is 9.14. The summed E-state index contributed by atoms with van der Waals surface area (Å²) in [5, 5.41) is 14.4. The molecule has 2 fully saturated rings. The van der Waals surface area contributed by atoms with Gasteiger partial charge in [0.25, 0.3) is 5.91 Å². The van der Waals surface area contributed by atoms with E-state index in [9.17, 15) is 4.79 Å². The molecule has 150 valence electrons. The second-order valence-corrected chi connectivity index (χ2v) is 7.67. The highest BCUT2D eigenvalue weighted by atomic mass is 16.2. The van der Waals surface area contributed by atoms with Crippen molar-refractivity contribution in [3.63, 3.8) is 0 Å². The second-order valence-electron chi connectivity index (χ2n) is 7.67. The molecule has 8 nitrogen and oxygen atoms in total. The normalized spacial score (nSPS) is 18.6. The lowest BCUT2D eigenvalue weighted by atomic mass is 10.1. The summed E-state index contributed by atoms with van der Waals surface area (Å²) in [6, 6.07) is 4.42. The topological polar surface area (TPSA) is 88.0 Å². The fourth-order valence-corrected chi connectivity index (χ4v) is 3.91. The van der Waals surface area contributed by atoms with Crippen molar-refractivity contribution in [2.75, 3.05) is 31.1 Å². The van der Waals surface area contributed by atoms with Crippen LogP contribution in [0.5, 0.6) is 0 Å². The first kappa shape index (κ1) is 18.9. The molecule has 2 aromatic rings. The van der Waals surface area contributed by atoms with E-state index in [1.807, 2.05) is 16.9 Å². The number of hydrogen-bond donors (Lipinski definition) is 2. The van der Waals surface area contributed by atoms with Gasteiger partial charge in [0, 0.05) is 25.8 Å². The predicted octanol–water partition coefficient (Wildman–Crippen LogP) is 1.91. The highest BCUT2D eigenvalue weighted by molar-refractivity contribution is 5.91. The average molecular weight is 384 g/mol. The molecule has 0 radical (unpaired) electrons. The van der Waals surface area contributed by atoms with Crippen LogP contribution < -0.4 is 15.5 Å². The molecule has 2 saturated heterocycles. The van der Waals surface area contributed by atoms with E-state index in [0.29, 0.717) is 18.3 Å². The number of piperidine rings is 1. The molecule has 0 aliphatic carbocycles. The van der Waals surface area contributed by atoms with Crippen molar-refractivity contribution in [1.82, 2.24) is 30.6 Å². The quantitative estimate of drug-likeness (QED) is 0.820. The molecule has 2 aliphatic heterocycles. The van der Waals surface area contributed by atoms with Gasteiger partial charge in [0.1, 0.15) is 5.82 Å². The molecule has 0 spiro atoms. The number of rotatable bonds is 5. The van der Waals surface area contributed by atoms with Crippen molar-refractivity contribution in [3.05, 3.63) is 35.8 Å². The van der Waals surface area contributed by atoms with Crippen LogP contribution in [0, 0.1) is 0 Å². The fraction of sp³-hybridized carbons (Fsp3) is 0.600. The summed E-state index contributed by atoms with van der Waals surface area (Å²) < 4.78 is 1.83. The molecule has 1 amide bonds. The molecule has 2 aromatic heterocycles. The van der Waals surface area contributed by atoms with Crippen molar-refractivity contribution in [1.29, 1.82) is 0 Å². The Labute approximate surface area is 165 Å². The van der Waals surface area contributed by atoms with Crippen molar-refractivity contribution < 1.29 is 4.79 Å². The smallest absolute Gasteiger partial charge is 0.273 e. The van der Waals surface area contributed by atoms with Gasteiger partial charge in [0.15, 0.2) is 5.69 Å². The van der Waals surface area contributed by atoms with E-state index >= 15 is 0 Å². The number of nitrogens with one attached hydrogen (secondary N) is 2. The number of hydrogen-bond acceptors (Lipinski definition) is 6. The fourth-order valence-electron chi connectivity index (χ4n) is 3.91. The van der Waals surface area contributed by atoms with Crippen LogP contribution in [0.3, 0.4) is 0 Å². The predicted molar refractivity (Wildman–Crippen MR) is 107 cm³/mol. The Morgan fingerprint density at radius 3 is 2.64 bits per heavy atom. The minimum absolute atomic E-state index is 0.197. The van der Waals surface area contributed by atoms with Gasteiger partial charge in [0.2, 0.25) is 0 Å². The van der Waals surface area contributed by atoms with Crippen LogP contribution in [-0.4, -0.2) is 52.1 Å². The molecule has 2 aliphatic rings. The molecule has 0 bridgehead atoms. The van der Waals surface area contributed by atoms with Crippen LogP contribution in [-0.2, 0) is 6.54 Å². The number of aromatic nitrogens is 4. The largest absolute Gasteiger partial charge is 0.357 e. The van der Waals surface area contributed by atoms with E-state index in [1.165, 1.54) is 25.7 Å². The van der Waals surface area contributed by atoms with Gasteiger partial charge < -0.3 is 15.5 Å². The lowest BCUT2D eigenvalue weighted by Gasteiger charge is -2.22. The van der Waals surface area contributed by atoms with Crippen molar-refractivity contribution in [3.8, 4) is 0 Å². The molecule has 2 N–H and O–H groups in total. The molecule has 0 aromatic carbocycles. The minimum atomic E-state index is -0.197. The Morgan fingerprint density at radius 1 is 1.14 bits per heavy atom. The van der Waals surface area contributed by atoms with Crippen molar-refractivity contribution >= 4 is 11.7 Å². The first-order chi connectivity index (χ1) is 13.8. The Hall–Kier alpha value is -2.48. The zero-order chi connectivity index (χ0) is 19.2. The molecule has 0 atom stereocenters. The summed E-state index contributed by atoms with van der Waals surface area (Å²) in [5.74, 6) is 0.832. The Morgan fingerprint density at radius 2 is 1.93 bits per heavy atom. The third-order valence-corrected chi connectivity index (χ3v) is 5.62. The summed E-state index contributed by atoms with van der Waals surface area (Å²) in [4.78, 5) is 19.4. The van der Waals surface area contributed by atoms with Gasteiger partial charge >= 0.3 is 0 Å². The SMILES string of the molecule is O=C(NCc1ccc(N2CCCCCC2)nc1)c1cn(C2CCNCC2)nn1. The summed E-state index contributed by atoms with van der Waals surface area (Å²) in [6.07, 6.45) is 10.7. The van der Waals surface area contributed by atoms with E-state index in [1.54, 1.807) is 6.20 Å². The number of pyridine rings is 1. The Balaban J connectivity index is 1.30. The summed E-state index contributed by atoms with van der Waals surface area (Å²) in [6.45, 7) is 4.55. The summed E-state index contributed by atoms with van der Waals surface area (Å²) >= 11 is 0. The summed E-state index contributed by atoms with van der Waals surface area (Å²) in [5.41, 5.74) is 1.35. The van der Waals surface area contributed by atoms with Gasteiger partial charge in [-0.2, -0.15) is 0 Å². The van der Waals surface area contributed by atoms with Crippen LogP contribution in [0.1, 0.15) is 60.6 Å². The standard InChI is InChI=1S/C20H29N7O/c28-20(18-15-27(25-24-18)17-7-9-21-10-8-17)23-14-16-5-6-19(22-13-16)26-11-3-1-2-4-12-26/h5-6,13,15,17,21H,1-4,7-12,14H2,(H,23,28). The molecule has 8 heteroatoms. The Kier molecular flexibility index (Phi) is 6.16. The van der Waals surface area contributed by atoms with Gasteiger partial charge in [-0.25, -0.2) is 9.67 Å². The molecule has 28 heavy (non-hydrogen) atoms. The van der Waals surface area contributed by atoms with E-state index in [2.05, 4.69) is 36.9 Å². The number of nitrogens with zero attached hydrogens (tertiary/aromatic N) is 5. The number of anilines is 1. The number of amides is 1. The molecular formula is C20H29N7O. The molecule has 0 saturated carbocycles. The average Bonchev–Trinajstić information content (AvgIpc) is 3.09. The molecular weight excluding hydrogens is 354 g/mol. The van der Waals surface area contributed by atoms with Crippen molar-refractivity contribution in [2.45, 2.75) is 51.1 Å². The number of carbonyl (C=O) groups excluding carboxylic acids is 1. The first-order valence-electron chi connectivity index (χ1n) is 10.4. The molecule has 0 unspecified atom stereocenters. The first-order valence-corrected chi connectivity index (χ1v) is 10.4. The van der Waals surface area contributed by atoms with Gasteiger partial charge in [-0.3, -0.25) is 4.79 Å². The lowest BCUT2D eigenvalue weighted by Crippen LogP contribution is -2.29. The van der Waals surface area contributed by atoms with Gasteiger partial charge in [-0.15, -0.1) is 5.10 Å². The van der Waals surface area contributed by atoms with E-state index in [4.69, 9.17) is 0 Å². The third-order valence-electron chi connectivity index (χ3n) is 5.62. The maximum Gasteiger partial charge on any atom is 0.273 e. The maximum atomic E-state index is 12.4. The highest BCUT2D eigenvalue weighted by Crippen LogP contribution is 2.18. The van der Waals surface area contributed by atoms with Crippen LogP contribution >= 0.6 is 0 Å². The van der Waals surface area contributed by atoms with Crippen molar-refractivity contribution in [2.24, 2.45) is 0 Å². The molecule has 4 heterocycles. The van der Waals surface area contributed by atoms with Gasteiger partial charge in [-0.05, 0) is 50.4 Å². The Bertz CT molecular complexity index is 759. The monoisotopic (exact) mass is 383 g/mol. The van der Waals surface area contributed by atoms with Crippen LogP contribution in [0.4, 0.5) is 5.82 Å². The van der Waals surface area contributed by atoms with Crippen LogP contribution in [0.2, 0.25) is 0 Å². The summed E-state index contributed by atoms with van der Waals surface area (Å²) in [7, 11) is 0. The zero-order valence-electron chi connectivity index (χ0n) is 16.3. The van der Waals surface area contributed by atoms with Gasteiger partial charge in [-0.1, -0.05) is 24.1 Å². The highest BCUT2D eigenvalue weighted by Gasteiger charge is 2.18. The van der Waals surface area contributed by atoms with Gasteiger partial charge in [0.05, 0.1) is 12.2 Å². The maximum absolute atomic E-state index is 12.4. The van der Waals surface area contributed by atoms with E-state index < -0.39 is 0 Å². The molecule has 4 rings (SSSR count). The van der Waals surface area contributed by atoms with E-state index in [-0.39, 0.29) is 5.91 Å².